The maximum atomic E-state index is 12.0. The Balaban J connectivity index is 1.44. The monoisotopic (exact) mass is 398 g/mol. The molecule has 3 rings (SSSR count). The molecule has 0 spiro atoms. The molecule has 0 aliphatic rings. The van der Waals surface area contributed by atoms with Gasteiger partial charge in [-0.15, -0.1) is 11.3 Å². The number of aromatic nitrogens is 1. The van der Waals surface area contributed by atoms with E-state index in [2.05, 4.69) is 10.3 Å². The van der Waals surface area contributed by atoms with Gasteiger partial charge in [-0.3, -0.25) is 4.79 Å². The Labute approximate surface area is 168 Å². The van der Waals surface area contributed by atoms with Crippen LogP contribution in [0.2, 0.25) is 0 Å². The molecule has 1 aromatic heterocycles. The average Bonchev–Trinajstić information content (AvgIpc) is 3.21. The Morgan fingerprint density at radius 2 is 1.79 bits per heavy atom. The third-order valence-corrected chi connectivity index (χ3v) is 4.94. The van der Waals surface area contributed by atoms with Crippen molar-refractivity contribution in [2.24, 2.45) is 0 Å². The minimum absolute atomic E-state index is 0.0602. The normalized spacial score (nSPS) is 10.4. The molecule has 3 aromatic rings. The molecule has 0 unspecified atom stereocenters. The molecule has 2 aromatic carbocycles. The fourth-order valence-electron chi connectivity index (χ4n) is 2.56. The summed E-state index contributed by atoms with van der Waals surface area (Å²) in [4.78, 5) is 16.6. The number of benzene rings is 2. The fraction of sp³-hybridized carbons (Fsp3) is 0.238. The van der Waals surface area contributed by atoms with E-state index >= 15 is 0 Å². The second-order valence-electron chi connectivity index (χ2n) is 5.89. The van der Waals surface area contributed by atoms with Gasteiger partial charge in [0, 0.05) is 23.9 Å². The quantitative estimate of drug-likeness (QED) is 0.597. The third-order valence-electron chi connectivity index (χ3n) is 4.03. The number of para-hydroxylation sites is 2. The van der Waals surface area contributed by atoms with Gasteiger partial charge in [-0.2, -0.15) is 0 Å². The van der Waals surface area contributed by atoms with Crippen molar-refractivity contribution in [3.05, 3.63) is 58.9 Å². The van der Waals surface area contributed by atoms with Gasteiger partial charge in [0.15, 0.2) is 18.1 Å². The molecule has 0 atom stereocenters. The van der Waals surface area contributed by atoms with E-state index in [9.17, 15) is 4.79 Å². The SMILES string of the molecule is COc1ccc(-c2csc(CCNC(=O)COc3ccccc3OC)n2)cc1. The lowest BCUT2D eigenvalue weighted by Crippen LogP contribution is -2.30. The number of carbonyl (C=O) groups is 1. The van der Waals surface area contributed by atoms with Crippen molar-refractivity contribution >= 4 is 17.2 Å². The van der Waals surface area contributed by atoms with E-state index in [1.807, 2.05) is 41.8 Å². The summed E-state index contributed by atoms with van der Waals surface area (Å²) in [5, 5.41) is 5.84. The Bertz CT molecular complexity index is 909. The largest absolute Gasteiger partial charge is 0.497 e. The number of nitrogens with zero attached hydrogens (tertiary/aromatic N) is 1. The summed E-state index contributed by atoms with van der Waals surface area (Å²) in [6.45, 7) is 0.443. The van der Waals surface area contributed by atoms with E-state index < -0.39 is 0 Å². The maximum Gasteiger partial charge on any atom is 0.257 e. The van der Waals surface area contributed by atoms with Gasteiger partial charge < -0.3 is 19.5 Å². The Morgan fingerprint density at radius 1 is 1.04 bits per heavy atom. The van der Waals surface area contributed by atoms with E-state index in [0.717, 1.165) is 22.0 Å². The molecule has 0 aliphatic heterocycles. The summed E-state index contributed by atoms with van der Waals surface area (Å²) in [7, 11) is 3.21. The van der Waals surface area contributed by atoms with Crippen LogP contribution in [0.25, 0.3) is 11.3 Å². The van der Waals surface area contributed by atoms with E-state index in [1.54, 1.807) is 37.7 Å². The number of ether oxygens (including phenoxy) is 3. The first-order valence-electron chi connectivity index (χ1n) is 8.81. The van der Waals surface area contributed by atoms with Gasteiger partial charge >= 0.3 is 0 Å². The topological polar surface area (TPSA) is 69.7 Å². The van der Waals surface area contributed by atoms with Crippen molar-refractivity contribution in [3.63, 3.8) is 0 Å². The smallest absolute Gasteiger partial charge is 0.257 e. The van der Waals surface area contributed by atoms with E-state index in [4.69, 9.17) is 14.2 Å². The molecule has 146 valence electrons. The molecule has 1 heterocycles. The number of carbonyl (C=O) groups excluding carboxylic acids is 1. The highest BCUT2D eigenvalue weighted by atomic mass is 32.1. The first-order chi connectivity index (χ1) is 13.7. The summed E-state index contributed by atoms with van der Waals surface area (Å²) in [5.41, 5.74) is 1.96. The van der Waals surface area contributed by atoms with Gasteiger partial charge in [0.2, 0.25) is 0 Å². The molecule has 1 N–H and O–H groups in total. The number of amides is 1. The van der Waals surface area contributed by atoms with Crippen LogP contribution in [0.1, 0.15) is 5.01 Å². The molecule has 0 fully saturated rings. The zero-order valence-electron chi connectivity index (χ0n) is 15.8. The van der Waals surface area contributed by atoms with Crippen molar-refractivity contribution in [3.8, 4) is 28.5 Å². The van der Waals surface area contributed by atoms with Crippen molar-refractivity contribution in [1.29, 1.82) is 0 Å². The second kappa shape index (κ2) is 9.75. The van der Waals surface area contributed by atoms with Gasteiger partial charge in [-0.1, -0.05) is 12.1 Å². The molecule has 1 amide bonds. The fourth-order valence-corrected chi connectivity index (χ4v) is 3.37. The van der Waals surface area contributed by atoms with Crippen molar-refractivity contribution < 1.29 is 19.0 Å². The summed E-state index contributed by atoms with van der Waals surface area (Å²) in [6.07, 6.45) is 0.668. The lowest BCUT2D eigenvalue weighted by atomic mass is 10.2. The van der Waals surface area contributed by atoms with Crippen LogP contribution < -0.4 is 19.5 Å². The van der Waals surface area contributed by atoms with Crippen LogP contribution in [-0.2, 0) is 11.2 Å². The van der Waals surface area contributed by atoms with E-state index in [0.29, 0.717) is 24.5 Å². The first kappa shape index (κ1) is 19.7. The number of nitrogens with one attached hydrogen (secondary N) is 1. The van der Waals surface area contributed by atoms with Crippen LogP contribution in [0.4, 0.5) is 0 Å². The molecular formula is C21H22N2O4S. The number of methoxy groups -OCH3 is 2. The lowest BCUT2D eigenvalue weighted by molar-refractivity contribution is -0.123. The summed E-state index contributed by atoms with van der Waals surface area (Å²) in [6, 6.07) is 15.0. The van der Waals surface area contributed by atoms with Crippen LogP contribution in [0.3, 0.4) is 0 Å². The molecule has 7 heteroatoms. The number of hydrogen-bond donors (Lipinski definition) is 1. The van der Waals surface area contributed by atoms with Crippen LogP contribution in [-0.4, -0.2) is 38.3 Å². The van der Waals surface area contributed by atoms with E-state index in [-0.39, 0.29) is 12.5 Å². The minimum Gasteiger partial charge on any atom is -0.497 e. The third kappa shape index (κ3) is 5.23. The zero-order valence-corrected chi connectivity index (χ0v) is 16.6. The molecular weight excluding hydrogens is 376 g/mol. The zero-order chi connectivity index (χ0) is 19.8. The standard InChI is InChI=1S/C21H22N2O4S/c1-25-16-9-7-15(8-10-16)17-14-28-21(23-17)11-12-22-20(24)13-27-19-6-4-3-5-18(19)26-2/h3-10,14H,11-13H2,1-2H3,(H,22,24). The van der Waals surface area contributed by atoms with Crippen molar-refractivity contribution in [2.45, 2.75) is 6.42 Å². The first-order valence-corrected chi connectivity index (χ1v) is 9.69. The predicted octanol–water partition coefficient (Wildman–Crippen LogP) is 3.57. The molecule has 0 radical (unpaired) electrons. The van der Waals surface area contributed by atoms with E-state index in [1.165, 1.54) is 0 Å². The molecule has 0 aliphatic carbocycles. The molecule has 6 nitrogen and oxygen atoms in total. The van der Waals surface area contributed by atoms with Crippen molar-refractivity contribution in [1.82, 2.24) is 10.3 Å². The molecule has 0 saturated carbocycles. The van der Waals surface area contributed by atoms with Crippen molar-refractivity contribution in [2.75, 3.05) is 27.4 Å². The summed E-state index contributed by atoms with van der Waals surface area (Å²) in [5.74, 6) is 1.78. The second-order valence-corrected chi connectivity index (χ2v) is 6.84. The highest BCUT2D eigenvalue weighted by Gasteiger charge is 2.08. The van der Waals surface area contributed by atoms with Gasteiger partial charge in [-0.25, -0.2) is 4.98 Å². The van der Waals surface area contributed by atoms with Gasteiger partial charge in [0.05, 0.1) is 24.9 Å². The van der Waals surface area contributed by atoms with Gasteiger partial charge in [-0.05, 0) is 36.4 Å². The highest BCUT2D eigenvalue weighted by Crippen LogP contribution is 2.26. The number of thiazole rings is 1. The molecule has 28 heavy (non-hydrogen) atoms. The Morgan fingerprint density at radius 3 is 2.50 bits per heavy atom. The van der Waals surface area contributed by atoms with Crippen LogP contribution in [0.15, 0.2) is 53.9 Å². The minimum atomic E-state index is -0.183. The van der Waals surface area contributed by atoms with Crippen LogP contribution in [0, 0.1) is 0 Å². The maximum absolute atomic E-state index is 12.0. The van der Waals surface area contributed by atoms with Gasteiger partial charge in [0.25, 0.3) is 5.91 Å². The number of hydrogen-bond acceptors (Lipinski definition) is 6. The highest BCUT2D eigenvalue weighted by molar-refractivity contribution is 7.09. The average molecular weight is 398 g/mol. The van der Waals surface area contributed by atoms with Crippen LogP contribution in [0.5, 0.6) is 17.2 Å². The predicted molar refractivity (Wildman–Crippen MR) is 109 cm³/mol. The number of rotatable bonds is 9. The van der Waals surface area contributed by atoms with Gasteiger partial charge in [0.1, 0.15) is 5.75 Å². The Hall–Kier alpha value is -3.06. The molecule has 0 bridgehead atoms. The summed E-state index contributed by atoms with van der Waals surface area (Å²) < 4.78 is 15.9. The lowest BCUT2D eigenvalue weighted by Gasteiger charge is -2.10. The van der Waals surface area contributed by atoms with Crippen LogP contribution >= 0.6 is 11.3 Å². The Kier molecular flexibility index (Phi) is 6.86. The summed E-state index contributed by atoms with van der Waals surface area (Å²) >= 11 is 1.58. The molecule has 0 saturated heterocycles.